The van der Waals surface area contributed by atoms with Crippen LogP contribution in [0.15, 0.2) is 53.1 Å². The van der Waals surface area contributed by atoms with Gasteiger partial charge in [0.15, 0.2) is 5.76 Å². The Morgan fingerprint density at radius 2 is 1.74 bits per heavy atom. The topological polar surface area (TPSA) is 44.5 Å². The fourth-order valence-corrected chi connectivity index (χ4v) is 2.53. The van der Waals surface area contributed by atoms with E-state index in [0.717, 1.165) is 33.9 Å². The fourth-order valence-electron chi connectivity index (χ4n) is 2.53. The molecule has 0 bridgehead atoms. The molecule has 3 rings (SSSR count). The lowest BCUT2D eigenvalue weighted by molar-refractivity contribution is 0.247. The third-order valence-corrected chi connectivity index (χ3v) is 3.71. The number of aromatic nitrogens is 1. The van der Waals surface area contributed by atoms with E-state index in [1.807, 2.05) is 62.4 Å². The molecule has 0 saturated heterocycles. The van der Waals surface area contributed by atoms with Gasteiger partial charge in [0.05, 0.1) is 7.11 Å². The lowest BCUT2D eigenvalue weighted by Crippen LogP contribution is -1.97. The third kappa shape index (κ3) is 3.21. The van der Waals surface area contributed by atoms with E-state index in [1.54, 1.807) is 7.11 Å². The average molecular weight is 309 g/mol. The first-order valence-electron chi connectivity index (χ1n) is 7.47. The molecule has 0 aliphatic carbocycles. The molecule has 4 heteroatoms. The Labute approximate surface area is 135 Å². The summed E-state index contributed by atoms with van der Waals surface area (Å²) in [6, 6.07) is 15.7. The second-order valence-corrected chi connectivity index (χ2v) is 5.39. The summed E-state index contributed by atoms with van der Waals surface area (Å²) in [7, 11) is 1.64. The number of rotatable bonds is 5. The number of hydrogen-bond acceptors (Lipinski definition) is 4. The molecular weight excluding hydrogens is 290 g/mol. The van der Waals surface area contributed by atoms with E-state index in [-0.39, 0.29) is 0 Å². The maximum atomic E-state index is 5.89. The summed E-state index contributed by atoms with van der Waals surface area (Å²) in [4.78, 5) is 0. The van der Waals surface area contributed by atoms with Crippen LogP contribution < -0.4 is 9.47 Å². The van der Waals surface area contributed by atoms with Gasteiger partial charge in [-0.1, -0.05) is 35.5 Å². The average Bonchev–Trinajstić information content (AvgIpc) is 3.03. The van der Waals surface area contributed by atoms with Crippen LogP contribution in [0.2, 0.25) is 0 Å². The summed E-state index contributed by atoms with van der Waals surface area (Å²) in [6.45, 7) is 4.40. The van der Waals surface area contributed by atoms with Gasteiger partial charge in [-0.3, -0.25) is 0 Å². The molecule has 0 fully saturated rings. The van der Waals surface area contributed by atoms with Crippen molar-refractivity contribution in [2.45, 2.75) is 20.5 Å². The summed E-state index contributed by atoms with van der Waals surface area (Å²) in [5, 5.41) is 4.12. The monoisotopic (exact) mass is 309 g/mol. The van der Waals surface area contributed by atoms with Crippen molar-refractivity contribution in [3.05, 3.63) is 65.4 Å². The quantitative estimate of drug-likeness (QED) is 0.694. The number of para-hydroxylation sites is 2. The number of ether oxygens (including phenoxy) is 2. The van der Waals surface area contributed by atoms with E-state index in [1.165, 1.54) is 0 Å². The maximum Gasteiger partial charge on any atom is 0.174 e. The predicted octanol–water partition coefficient (Wildman–Crippen LogP) is 4.55. The van der Waals surface area contributed by atoms with Gasteiger partial charge in [-0.25, -0.2) is 0 Å². The number of benzene rings is 2. The molecule has 0 atom stereocenters. The van der Waals surface area contributed by atoms with Crippen molar-refractivity contribution in [1.82, 2.24) is 5.16 Å². The number of nitrogens with zero attached hydrogens (tertiary/aromatic N) is 1. The van der Waals surface area contributed by atoms with Gasteiger partial charge < -0.3 is 14.0 Å². The first kappa shape index (κ1) is 15.2. The van der Waals surface area contributed by atoms with Gasteiger partial charge in [-0.15, -0.1) is 0 Å². The SMILES string of the molecule is COc1ccccc1-c1cc(COc2c(C)cccc2C)on1. The lowest BCUT2D eigenvalue weighted by Gasteiger charge is -2.10. The first-order chi connectivity index (χ1) is 11.2. The normalized spacial score (nSPS) is 10.6. The highest BCUT2D eigenvalue weighted by atomic mass is 16.5. The molecule has 0 aliphatic heterocycles. The first-order valence-corrected chi connectivity index (χ1v) is 7.47. The summed E-state index contributed by atoms with van der Waals surface area (Å²) >= 11 is 0. The minimum atomic E-state index is 0.341. The Bertz CT molecular complexity index is 788. The zero-order chi connectivity index (χ0) is 16.2. The van der Waals surface area contributed by atoms with Crippen LogP contribution in [-0.4, -0.2) is 12.3 Å². The van der Waals surface area contributed by atoms with E-state index in [0.29, 0.717) is 12.4 Å². The Balaban J connectivity index is 1.78. The number of aryl methyl sites for hydroxylation is 2. The van der Waals surface area contributed by atoms with Crippen LogP contribution in [0.4, 0.5) is 0 Å². The Morgan fingerprint density at radius 3 is 2.48 bits per heavy atom. The summed E-state index contributed by atoms with van der Waals surface area (Å²) in [5.74, 6) is 2.33. The van der Waals surface area contributed by atoms with Crippen molar-refractivity contribution >= 4 is 0 Å². The predicted molar refractivity (Wildman–Crippen MR) is 88.7 cm³/mol. The second kappa shape index (κ2) is 6.57. The molecule has 0 unspecified atom stereocenters. The molecule has 118 valence electrons. The van der Waals surface area contributed by atoms with E-state index in [2.05, 4.69) is 5.16 Å². The van der Waals surface area contributed by atoms with Crippen LogP contribution in [0.5, 0.6) is 11.5 Å². The molecule has 1 heterocycles. The van der Waals surface area contributed by atoms with E-state index < -0.39 is 0 Å². The van der Waals surface area contributed by atoms with Gasteiger partial charge >= 0.3 is 0 Å². The Morgan fingerprint density at radius 1 is 1.00 bits per heavy atom. The van der Waals surface area contributed by atoms with E-state index >= 15 is 0 Å². The highest BCUT2D eigenvalue weighted by molar-refractivity contribution is 5.66. The van der Waals surface area contributed by atoms with Crippen LogP contribution in [0.3, 0.4) is 0 Å². The standard InChI is InChI=1S/C19H19NO3/c1-13-7-6-8-14(2)19(13)22-12-15-11-17(20-23-15)16-9-4-5-10-18(16)21-3/h4-11H,12H2,1-3H3. The highest BCUT2D eigenvalue weighted by Gasteiger charge is 2.12. The van der Waals surface area contributed by atoms with Gasteiger partial charge in [-0.2, -0.15) is 0 Å². The molecule has 3 aromatic rings. The molecule has 4 nitrogen and oxygen atoms in total. The van der Waals surface area contributed by atoms with E-state index in [9.17, 15) is 0 Å². The number of methoxy groups -OCH3 is 1. The largest absolute Gasteiger partial charge is 0.496 e. The minimum absolute atomic E-state index is 0.341. The van der Waals surface area contributed by atoms with Crippen molar-refractivity contribution in [2.75, 3.05) is 7.11 Å². The van der Waals surface area contributed by atoms with Gasteiger partial charge in [0.2, 0.25) is 0 Å². The Hall–Kier alpha value is -2.75. The molecular formula is C19H19NO3. The van der Waals surface area contributed by atoms with Gasteiger partial charge in [0, 0.05) is 11.6 Å². The summed E-state index contributed by atoms with van der Waals surface area (Å²) in [5.41, 5.74) is 3.85. The molecule has 0 aliphatic rings. The van der Waals surface area contributed by atoms with E-state index in [4.69, 9.17) is 14.0 Å². The van der Waals surface area contributed by atoms with Gasteiger partial charge in [0.1, 0.15) is 23.8 Å². The van der Waals surface area contributed by atoms with Crippen LogP contribution in [-0.2, 0) is 6.61 Å². The molecule has 23 heavy (non-hydrogen) atoms. The van der Waals surface area contributed by atoms with Crippen molar-refractivity contribution in [1.29, 1.82) is 0 Å². The smallest absolute Gasteiger partial charge is 0.174 e. The van der Waals surface area contributed by atoms with Crippen molar-refractivity contribution in [3.63, 3.8) is 0 Å². The van der Waals surface area contributed by atoms with Crippen molar-refractivity contribution in [2.24, 2.45) is 0 Å². The van der Waals surface area contributed by atoms with Gasteiger partial charge in [0.25, 0.3) is 0 Å². The molecule has 0 spiro atoms. The third-order valence-electron chi connectivity index (χ3n) is 3.71. The lowest BCUT2D eigenvalue weighted by atomic mass is 10.1. The molecule has 1 aromatic heterocycles. The van der Waals surface area contributed by atoms with Crippen LogP contribution in [0.25, 0.3) is 11.3 Å². The van der Waals surface area contributed by atoms with Crippen LogP contribution in [0.1, 0.15) is 16.9 Å². The fraction of sp³-hybridized carbons (Fsp3) is 0.211. The number of hydrogen-bond donors (Lipinski definition) is 0. The molecule has 0 saturated carbocycles. The van der Waals surface area contributed by atoms with Crippen molar-refractivity contribution in [3.8, 4) is 22.8 Å². The molecule has 0 radical (unpaired) electrons. The molecule has 2 aromatic carbocycles. The van der Waals surface area contributed by atoms with Crippen LogP contribution in [0, 0.1) is 13.8 Å². The molecule has 0 N–H and O–H groups in total. The second-order valence-electron chi connectivity index (χ2n) is 5.39. The zero-order valence-electron chi connectivity index (χ0n) is 13.5. The van der Waals surface area contributed by atoms with Gasteiger partial charge in [-0.05, 0) is 37.1 Å². The minimum Gasteiger partial charge on any atom is -0.496 e. The maximum absolute atomic E-state index is 5.89. The van der Waals surface area contributed by atoms with Crippen molar-refractivity contribution < 1.29 is 14.0 Å². The summed E-state index contributed by atoms with van der Waals surface area (Å²) < 4.78 is 16.6. The molecule has 0 amide bonds. The summed E-state index contributed by atoms with van der Waals surface area (Å²) in [6.07, 6.45) is 0. The Kier molecular flexibility index (Phi) is 4.33. The highest BCUT2D eigenvalue weighted by Crippen LogP contribution is 2.29. The van der Waals surface area contributed by atoms with Crippen LogP contribution >= 0.6 is 0 Å². The zero-order valence-corrected chi connectivity index (χ0v) is 13.5.